The minimum Gasteiger partial charge on any atom is -0.398 e. The molecule has 3 rings (SSSR count). The number of nitrogen functional groups attached to an aromatic ring is 1. The summed E-state index contributed by atoms with van der Waals surface area (Å²) in [7, 11) is 0. The zero-order chi connectivity index (χ0) is 14.3. The molecule has 1 heterocycles. The quantitative estimate of drug-likeness (QED) is 0.548. The number of hydrogen-bond donors (Lipinski definition) is 2. The monoisotopic (exact) mass is 304 g/mol. The average Bonchev–Trinajstić information content (AvgIpc) is 2.82. The van der Waals surface area contributed by atoms with Crippen molar-refractivity contribution in [2.45, 2.75) is 0 Å². The number of para-hydroxylation sites is 1. The Labute approximate surface area is 125 Å². The molecule has 0 unspecified atom stereocenters. The number of fused-ring (bicyclic) bond motifs is 1. The third kappa shape index (κ3) is 2.05. The average molecular weight is 305 g/mol. The maximum absolute atomic E-state index is 12.6. The van der Waals surface area contributed by atoms with E-state index in [1.807, 2.05) is 0 Å². The van der Waals surface area contributed by atoms with Gasteiger partial charge in [0.1, 0.15) is 0 Å². The Morgan fingerprint density at radius 1 is 1.10 bits per heavy atom. The van der Waals surface area contributed by atoms with Gasteiger partial charge in [0.15, 0.2) is 5.78 Å². The maximum atomic E-state index is 12.6. The molecule has 0 amide bonds. The molecule has 0 fully saturated rings. The Morgan fingerprint density at radius 2 is 1.85 bits per heavy atom. The lowest BCUT2D eigenvalue weighted by molar-refractivity contribution is 0.104. The van der Waals surface area contributed by atoms with E-state index in [1.54, 1.807) is 42.6 Å². The number of benzene rings is 2. The number of carbonyl (C=O) groups is 1. The molecule has 20 heavy (non-hydrogen) atoms. The van der Waals surface area contributed by atoms with Gasteiger partial charge in [-0.05, 0) is 24.3 Å². The van der Waals surface area contributed by atoms with Gasteiger partial charge < -0.3 is 10.7 Å². The fourth-order valence-corrected chi connectivity index (χ4v) is 2.81. The van der Waals surface area contributed by atoms with Gasteiger partial charge in [0.25, 0.3) is 0 Å². The molecule has 0 bridgehead atoms. The molecule has 0 radical (unpaired) electrons. The van der Waals surface area contributed by atoms with Crippen molar-refractivity contribution in [1.29, 1.82) is 0 Å². The Kier molecular flexibility index (Phi) is 3.16. The number of anilines is 1. The van der Waals surface area contributed by atoms with Crippen molar-refractivity contribution >= 4 is 45.6 Å². The van der Waals surface area contributed by atoms with Gasteiger partial charge in [-0.3, -0.25) is 4.79 Å². The summed E-state index contributed by atoms with van der Waals surface area (Å²) in [5.74, 6) is -0.168. The van der Waals surface area contributed by atoms with Gasteiger partial charge in [0.2, 0.25) is 0 Å². The summed E-state index contributed by atoms with van der Waals surface area (Å²) in [6.07, 6.45) is 1.63. The second kappa shape index (κ2) is 4.85. The summed E-state index contributed by atoms with van der Waals surface area (Å²) < 4.78 is 0. The van der Waals surface area contributed by atoms with Gasteiger partial charge in [0, 0.05) is 38.9 Å². The van der Waals surface area contributed by atoms with Crippen LogP contribution in [-0.4, -0.2) is 10.8 Å². The fourth-order valence-electron chi connectivity index (χ4n) is 2.21. The van der Waals surface area contributed by atoms with Crippen molar-refractivity contribution in [3.8, 4) is 0 Å². The van der Waals surface area contributed by atoms with E-state index >= 15 is 0 Å². The second-order valence-corrected chi connectivity index (χ2v) is 5.27. The number of ketones is 1. The number of rotatable bonds is 2. The first-order valence-corrected chi connectivity index (χ1v) is 6.69. The van der Waals surface area contributed by atoms with E-state index in [0.717, 1.165) is 5.52 Å². The first kappa shape index (κ1) is 13.0. The minimum atomic E-state index is -0.168. The van der Waals surface area contributed by atoms with Crippen molar-refractivity contribution in [2.24, 2.45) is 0 Å². The van der Waals surface area contributed by atoms with E-state index in [9.17, 15) is 4.79 Å². The molecule has 0 saturated carbocycles. The molecule has 3 nitrogen and oxygen atoms in total. The van der Waals surface area contributed by atoms with Gasteiger partial charge in [-0.15, -0.1) is 0 Å². The molecule has 0 saturated heterocycles. The lowest BCUT2D eigenvalue weighted by Crippen LogP contribution is -2.04. The van der Waals surface area contributed by atoms with Gasteiger partial charge in [-0.25, -0.2) is 0 Å². The van der Waals surface area contributed by atoms with Crippen molar-refractivity contribution in [2.75, 3.05) is 5.73 Å². The number of nitrogens with two attached hydrogens (primary N) is 1. The normalized spacial score (nSPS) is 10.9. The number of H-pyrrole nitrogens is 1. The minimum absolute atomic E-state index is 0.168. The lowest BCUT2D eigenvalue weighted by atomic mass is 10.0. The van der Waals surface area contributed by atoms with Crippen LogP contribution in [0.4, 0.5) is 5.69 Å². The standard InChI is InChI=1S/C15H10Cl2N2O/c16-8-5-11(17)14-10(7-19-13(14)6-8)15(20)9-3-1-2-4-12(9)18/h1-7,19H,18H2. The van der Waals surface area contributed by atoms with E-state index in [-0.39, 0.29) is 5.78 Å². The number of aromatic amines is 1. The van der Waals surface area contributed by atoms with Crippen molar-refractivity contribution < 1.29 is 4.79 Å². The number of hydrogen-bond acceptors (Lipinski definition) is 2. The van der Waals surface area contributed by atoms with Crippen LogP contribution in [0.1, 0.15) is 15.9 Å². The highest BCUT2D eigenvalue weighted by molar-refractivity contribution is 6.40. The third-order valence-electron chi connectivity index (χ3n) is 3.15. The molecule has 0 aliphatic heterocycles. The zero-order valence-electron chi connectivity index (χ0n) is 10.3. The van der Waals surface area contributed by atoms with Crippen LogP contribution in [0.15, 0.2) is 42.6 Å². The molecule has 5 heteroatoms. The first-order chi connectivity index (χ1) is 9.58. The summed E-state index contributed by atoms with van der Waals surface area (Å²) >= 11 is 12.1. The Bertz CT molecular complexity index is 824. The number of nitrogens with one attached hydrogen (secondary N) is 1. The Hall–Kier alpha value is -1.97. The van der Waals surface area contributed by atoms with E-state index in [1.165, 1.54) is 0 Å². The van der Waals surface area contributed by atoms with Gasteiger partial charge in [-0.1, -0.05) is 35.3 Å². The molecule has 100 valence electrons. The van der Waals surface area contributed by atoms with Crippen LogP contribution in [0, 0.1) is 0 Å². The highest BCUT2D eigenvalue weighted by atomic mass is 35.5. The van der Waals surface area contributed by atoms with Crippen molar-refractivity contribution in [3.05, 3.63) is 63.8 Å². The summed E-state index contributed by atoms with van der Waals surface area (Å²) in [5.41, 5.74) is 7.96. The zero-order valence-corrected chi connectivity index (χ0v) is 11.8. The molecular weight excluding hydrogens is 295 g/mol. The molecular formula is C15H10Cl2N2O. The Morgan fingerprint density at radius 3 is 2.60 bits per heavy atom. The van der Waals surface area contributed by atoms with Gasteiger partial charge in [-0.2, -0.15) is 0 Å². The van der Waals surface area contributed by atoms with Crippen LogP contribution in [0.2, 0.25) is 10.0 Å². The topological polar surface area (TPSA) is 58.9 Å². The second-order valence-electron chi connectivity index (χ2n) is 4.43. The van der Waals surface area contributed by atoms with Crippen LogP contribution in [0.25, 0.3) is 10.9 Å². The highest BCUT2D eigenvalue weighted by Crippen LogP contribution is 2.32. The van der Waals surface area contributed by atoms with Gasteiger partial charge >= 0.3 is 0 Å². The van der Waals surface area contributed by atoms with Crippen LogP contribution >= 0.6 is 23.2 Å². The largest absolute Gasteiger partial charge is 0.398 e. The fraction of sp³-hybridized carbons (Fsp3) is 0. The highest BCUT2D eigenvalue weighted by Gasteiger charge is 2.18. The number of halogens is 2. The van der Waals surface area contributed by atoms with E-state index in [2.05, 4.69) is 4.98 Å². The van der Waals surface area contributed by atoms with Gasteiger partial charge in [0.05, 0.1) is 5.02 Å². The van der Waals surface area contributed by atoms with Crippen molar-refractivity contribution in [1.82, 2.24) is 4.98 Å². The lowest BCUT2D eigenvalue weighted by Gasteiger charge is -2.04. The first-order valence-electron chi connectivity index (χ1n) is 5.93. The predicted molar refractivity (Wildman–Crippen MR) is 82.6 cm³/mol. The smallest absolute Gasteiger partial charge is 0.197 e. The van der Waals surface area contributed by atoms with Crippen LogP contribution in [-0.2, 0) is 0 Å². The maximum Gasteiger partial charge on any atom is 0.197 e. The van der Waals surface area contributed by atoms with Crippen molar-refractivity contribution in [3.63, 3.8) is 0 Å². The van der Waals surface area contributed by atoms with Crippen LogP contribution in [0.5, 0.6) is 0 Å². The molecule has 0 aliphatic rings. The summed E-state index contributed by atoms with van der Waals surface area (Å²) in [4.78, 5) is 15.6. The molecule has 2 aromatic carbocycles. The van der Waals surface area contributed by atoms with E-state index in [4.69, 9.17) is 28.9 Å². The third-order valence-corrected chi connectivity index (χ3v) is 3.66. The summed E-state index contributed by atoms with van der Waals surface area (Å²) in [6, 6.07) is 10.3. The summed E-state index contributed by atoms with van der Waals surface area (Å²) in [5, 5.41) is 1.61. The molecule has 3 aromatic rings. The van der Waals surface area contributed by atoms with E-state index < -0.39 is 0 Å². The van der Waals surface area contributed by atoms with E-state index in [0.29, 0.717) is 32.2 Å². The van der Waals surface area contributed by atoms with Crippen LogP contribution < -0.4 is 5.73 Å². The number of aromatic nitrogens is 1. The molecule has 0 atom stereocenters. The Balaban J connectivity index is 2.21. The molecule has 0 aliphatic carbocycles. The van der Waals surface area contributed by atoms with Crippen LogP contribution in [0.3, 0.4) is 0 Å². The molecule has 1 aromatic heterocycles. The molecule has 0 spiro atoms. The predicted octanol–water partition coefficient (Wildman–Crippen LogP) is 4.29. The number of carbonyl (C=O) groups excluding carboxylic acids is 1. The SMILES string of the molecule is Nc1ccccc1C(=O)c1c[nH]c2cc(Cl)cc(Cl)c12. The molecule has 3 N–H and O–H groups in total. The summed E-state index contributed by atoms with van der Waals surface area (Å²) in [6.45, 7) is 0.